The number of amides is 1. The summed E-state index contributed by atoms with van der Waals surface area (Å²) in [4.78, 5) is 68.1. The van der Waals surface area contributed by atoms with Crippen molar-refractivity contribution in [2.24, 2.45) is 0 Å². The Labute approximate surface area is 673 Å². The standard InChI is InChI=1S/C84H102N2O28S/c1-48-70(100-40-55-14-26-61(92-8)27-15-55)75(102-42-57-18-30-63(94-10)31-19-57)78(104-44-59-22-34-65(96-12)35-23-59)81(106-48)112-72-68(47-99-52(5)89)111-84(115-39-38-85)69(86-50(3)87)74(72)113-83-80(77(109-54(7)91)73(108-53(6)90)67(110-83)46-98-51(4)88)114-82-79(105-45-60-24-36-66(97-13)37-25-60)76(103-43-58-20-32-64(95-11)33-21-58)71(49(2)107-82)101-41-56-16-28-62(93-9)29-17-56/h14-37,48-49,67-84H,39-47H2,1-13H3,(H,86,87)/t48?,49?,67?,68-,69?,70+,71+,72+,73-,74?,75-,76?,77?,78?,79?,80?,81-,82-,83-,84-/m0/s1. The minimum atomic E-state index is -1.97. The second kappa shape index (κ2) is 43.7. The van der Waals surface area contributed by atoms with Gasteiger partial charge in [-0.2, -0.15) is 5.26 Å². The van der Waals surface area contributed by atoms with Gasteiger partial charge in [-0.1, -0.05) is 72.8 Å². The van der Waals surface area contributed by atoms with E-state index in [0.29, 0.717) is 45.6 Å². The molecule has 1 N–H and O–H groups in total. The minimum absolute atomic E-state index is 0.00875. The molecule has 30 nitrogen and oxygen atoms in total. The van der Waals surface area contributed by atoms with Gasteiger partial charge >= 0.3 is 23.9 Å². The summed E-state index contributed by atoms with van der Waals surface area (Å²) in [5.41, 5.74) is 3.13. The molecule has 1 amide bonds. The maximum atomic E-state index is 14.1. The third-order valence-electron chi connectivity index (χ3n) is 19.4. The normalized spacial score (nSPS) is 27.2. The van der Waals surface area contributed by atoms with Crippen LogP contribution in [0.25, 0.3) is 0 Å². The van der Waals surface area contributed by atoms with Gasteiger partial charge in [-0.15, -0.1) is 11.8 Å². The van der Waals surface area contributed by atoms with Crippen molar-refractivity contribution in [2.75, 3.05) is 61.6 Å². The van der Waals surface area contributed by atoms with Crippen molar-refractivity contribution in [3.05, 3.63) is 179 Å². The zero-order chi connectivity index (χ0) is 82.1. The number of hydrogen-bond acceptors (Lipinski definition) is 30. The molecule has 115 heavy (non-hydrogen) atoms. The van der Waals surface area contributed by atoms with Crippen molar-refractivity contribution in [1.29, 1.82) is 5.26 Å². The third kappa shape index (κ3) is 24.9. The summed E-state index contributed by atoms with van der Waals surface area (Å²) in [5, 5.41) is 13.3. The Hall–Kier alpha value is -9.21. The lowest BCUT2D eigenvalue weighted by molar-refractivity contribution is -0.390. The van der Waals surface area contributed by atoms with Crippen molar-refractivity contribution in [3.8, 4) is 40.6 Å². The average Bonchev–Trinajstić information content (AvgIpc) is 0.753. The molecule has 6 aromatic carbocycles. The van der Waals surface area contributed by atoms with Crippen molar-refractivity contribution < 1.29 is 133 Å². The molecule has 31 heteroatoms. The van der Waals surface area contributed by atoms with Gasteiger partial charge in [0.2, 0.25) is 5.91 Å². The first-order valence-corrected chi connectivity index (χ1v) is 38.5. The van der Waals surface area contributed by atoms with E-state index in [9.17, 15) is 29.2 Å². The Bertz CT molecular complexity index is 4070. The molecule has 0 saturated carbocycles. The quantitative estimate of drug-likeness (QED) is 0.0277. The zero-order valence-electron chi connectivity index (χ0n) is 66.6. The summed E-state index contributed by atoms with van der Waals surface area (Å²) >= 11 is 0.966. The molecule has 0 bridgehead atoms. The topological polar surface area (TPSA) is 333 Å². The molecule has 4 saturated heterocycles. The Balaban J connectivity index is 1.13. The lowest BCUT2D eigenvalue weighted by atomic mass is 9.94. The monoisotopic (exact) mass is 1620 g/mol. The smallest absolute Gasteiger partial charge is 0.303 e. The fourth-order valence-corrected chi connectivity index (χ4v) is 14.5. The number of methoxy groups -OCH3 is 6. The summed E-state index contributed by atoms with van der Waals surface area (Å²) in [7, 11) is 9.36. The van der Waals surface area contributed by atoms with E-state index in [4.69, 9.17) is 109 Å². The van der Waals surface area contributed by atoms with Crippen LogP contribution in [0, 0.1) is 11.3 Å². The Morgan fingerprint density at radius 1 is 0.357 bits per heavy atom. The zero-order valence-corrected chi connectivity index (χ0v) is 67.4. The molecule has 622 valence electrons. The molecule has 20 atom stereocenters. The molecule has 0 radical (unpaired) electrons. The first-order valence-electron chi connectivity index (χ1n) is 37.5. The number of carbonyl (C=O) groups is 5. The summed E-state index contributed by atoms with van der Waals surface area (Å²) in [6, 6.07) is 44.3. The lowest BCUT2D eigenvalue weighted by Crippen LogP contribution is -2.70. The SMILES string of the molecule is COc1ccc(COC2C(OCc3ccc(OC)cc3)[C@H](OCc3ccc(OC)cc3)C(C)O[C@H]2OC2C(OC(C)=O)[C@@H](OC(C)=O)C(COC(C)=O)O[C@H]2OC2C(NC(C)=O)[C@H](SCC#N)O[C@@H](COC(C)=O)[C@H]2O[C@@H]2OC(C)[C@@H](OCc3ccc(OC)cc3)[C@H](OCc3ccc(OC)cc3)C2OCc2ccc(OC)cc2)cc1. The number of ether oxygens (including phenoxy) is 23. The molecule has 4 aliphatic heterocycles. The molecule has 4 aliphatic rings. The first-order chi connectivity index (χ1) is 55.6. The van der Waals surface area contributed by atoms with Crippen LogP contribution in [-0.4, -0.2) is 213 Å². The van der Waals surface area contributed by atoms with Crippen molar-refractivity contribution >= 4 is 41.5 Å². The largest absolute Gasteiger partial charge is 0.497 e. The molecule has 0 spiro atoms. The van der Waals surface area contributed by atoms with Crippen molar-refractivity contribution in [3.63, 3.8) is 0 Å². The number of carbonyl (C=O) groups excluding carboxylic acids is 5. The van der Waals surface area contributed by atoms with Crippen LogP contribution in [0.15, 0.2) is 146 Å². The predicted molar refractivity (Wildman–Crippen MR) is 410 cm³/mol. The van der Waals surface area contributed by atoms with Gasteiger partial charge in [-0.25, -0.2) is 0 Å². The first kappa shape index (κ1) is 88.2. The van der Waals surface area contributed by atoms with Crippen LogP contribution in [0.2, 0.25) is 0 Å². The van der Waals surface area contributed by atoms with Crippen molar-refractivity contribution in [1.82, 2.24) is 5.32 Å². The highest BCUT2D eigenvalue weighted by Gasteiger charge is 2.60. The van der Waals surface area contributed by atoms with Gasteiger partial charge in [-0.05, 0) is 120 Å². The van der Waals surface area contributed by atoms with Crippen LogP contribution in [-0.2, 0) is 144 Å². The number of esters is 4. The molecule has 4 heterocycles. The number of nitrogens with zero attached hydrogens (tertiary/aromatic N) is 1. The molecule has 0 aromatic heterocycles. The van der Waals surface area contributed by atoms with Crippen molar-refractivity contribution in [2.45, 2.75) is 210 Å². The molecule has 6 aromatic rings. The van der Waals surface area contributed by atoms with Crippen LogP contribution in [0.3, 0.4) is 0 Å². The van der Waals surface area contributed by atoms with Gasteiger partial charge in [-0.3, -0.25) is 24.0 Å². The average molecular weight is 1620 g/mol. The number of hydrogen-bond donors (Lipinski definition) is 1. The van der Waals surface area contributed by atoms with Gasteiger partial charge in [0.1, 0.15) is 114 Å². The number of nitriles is 1. The minimum Gasteiger partial charge on any atom is -0.497 e. The fraction of sp³-hybridized carbons (Fsp3) is 0.500. The van der Waals surface area contributed by atoms with Crippen LogP contribution in [0.4, 0.5) is 0 Å². The second-order valence-corrected chi connectivity index (χ2v) is 28.6. The molecular formula is C84H102N2O28S. The van der Waals surface area contributed by atoms with Gasteiger partial charge in [0.25, 0.3) is 0 Å². The van der Waals surface area contributed by atoms with Crippen LogP contribution in [0.1, 0.15) is 81.8 Å². The highest BCUT2D eigenvalue weighted by atomic mass is 32.2. The maximum Gasteiger partial charge on any atom is 0.303 e. The van der Waals surface area contributed by atoms with E-state index in [-0.39, 0.29) is 45.4 Å². The maximum absolute atomic E-state index is 14.1. The van der Waals surface area contributed by atoms with E-state index in [1.807, 2.05) is 84.9 Å². The van der Waals surface area contributed by atoms with Gasteiger partial charge in [0, 0.05) is 34.6 Å². The number of thioether (sulfide) groups is 1. The summed E-state index contributed by atoms with van der Waals surface area (Å²) in [6.07, 6.45) is -25.3. The molecule has 4 fully saturated rings. The Morgan fingerprint density at radius 3 is 0.965 bits per heavy atom. The summed E-state index contributed by atoms with van der Waals surface area (Å²) in [6.45, 7) is 8.01. The van der Waals surface area contributed by atoms with Crippen LogP contribution in [0.5, 0.6) is 34.5 Å². The lowest BCUT2D eigenvalue weighted by Gasteiger charge is -2.52. The summed E-state index contributed by atoms with van der Waals surface area (Å²) in [5.74, 6) is -0.555. The van der Waals surface area contributed by atoms with Gasteiger partial charge < -0.3 is 114 Å². The van der Waals surface area contributed by atoms with Gasteiger partial charge in [0.05, 0.1) is 112 Å². The second-order valence-electron chi connectivity index (χ2n) is 27.5. The van der Waals surface area contributed by atoms with E-state index in [1.54, 1.807) is 117 Å². The highest BCUT2D eigenvalue weighted by Crippen LogP contribution is 2.42. The predicted octanol–water partition coefficient (Wildman–Crippen LogP) is 9.40. The van der Waals surface area contributed by atoms with Crippen LogP contribution < -0.4 is 33.7 Å². The molecule has 10 unspecified atom stereocenters. The van der Waals surface area contributed by atoms with E-state index < -0.39 is 165 Å². The Kier molecular flexibility index (Phi) is 33.5. The molecule has 10 rings (SSSR count). The molecule has 0 aliphatic carbocycles. The molecular weight excluding hydrogens is 1520 g/mol. The van der Waals surface area contributed by atoms with E-state index >= 15 is 0 Å². The Morgan fingerprint density at radius 2 is 0.652 bits per heavy atom. The number of benzene rings is 6. The van der Waals surface area contributed by atoms with E-state index in [2.05, 4.69) is 11.4 Å². The fourth-order valence-electron chi connectivity index (χ4n) is 13.6. The number of rotatable bonds is 39. The third-order valence-corrected chi connectivity index (χ3v) is 20.4. The van der Waals surface area contributed by atoms with E-state index in [0.717, 1.165) is 54.8 Å². The summed E-state index contributed by atoms with van der Waals surface area (Å²) < 4.78 is 149. The van der Waals surface area contributed by atoms with Gasteiger partial charge in [0.15, 0.2) is 37.2 Å². The van der Waals surface area contributed by atoms with Crippen LogP contribution >= 0.6 is 11.8 Å². The number of nitrogens with one attached hydrogen (secondary N) is 1. The van der Waals surface area contributed by atoms with E-state index in [1.165, 1.54) is 13.8 Å². The highest BCUT2D eigenvalue weighted by molar-refractivity contribution is 8.00.